The molecule has 0 spiro atoms. The maximum Gasteiger partial charge on any atom is 0.126 e. The van der Waals surface area contributed by atoms with Gasteiger partial charge in [-0.25, -0.2) is 0 Å². The molecule has 2 aromatic carbocycles. The maximum atomic E-state index is 5.74. The van der Waals surface area contributed by atoms with Crippen molar-refractivity contribution in [3.8, 4) is 5.75 Å². The zero-order valence-corrected chi connectivity index (χ0v) is 14.8. The number of ether oxygens (including phenoxy) is 1. The van der Waals surface area contributed by atoms with Crippen LogP contribution in [0.2, 0.25) is 0 Å². The summed E-state index contributed by atoms with van der Waals surface area (Å²) in [5, 5.41) is 5.05. The zero-order valence-electron chi connectivity index (χ0n) is 14.8. The quantitative estimate of drug-likeness (QED) is 0.737. The lowest BCUT2D eigenvalue weighted by molar-refractivity contribution is 0.398. The number of aryl methyl sites for hydroxylation is 3. The van der Waals surface area contributed by atoms with Crippen LogP contribution in [0.5, 0.6) is 5.75 Å². The molecule has 1 aliphatic rings. The molecular weight excluding hydrogens is 296 g/mol. The largest absolute Gasteiger partial charge is 0.496 e. The van der Waals surface area contributed by atoms with E-state index in [2.05, 4.69) is 61.4 Å². The molecule has 3 aromatic rings. The fourth-order valence-corrected chi connectivity index (χ4v) is 4.09. The second kappa shape index (κ2) is 5.67. The molecule has 0 saturated carbocycles. The highest BCUT2D eigenvalue weighted by atomic mass is 16.5. The number of hydrogen-bond acceptors (Lipinski definition) is 2. The van der Waals surface area contributed by atoms with E-state index in [0.29, 0.717) is 0 Å². The zero-order chi connectivity index (χ0) is 16.8. The molecule has 2 heterocycles. The second-order valence-corrected chi connectivity index (χ2v) is 6.91. The summed E-state index contributed by atoms with van der Waals surface area (Å²) >= 11 is 0. The van der Waals surface area contributed by atoms with Gasteiger partial charge in [-0.3, -0.25) is 0 Å². The van der Waals surface area contributed by atoms with Crippen molar-refractivity contribution in [3.63, 3.8) is 0 Å². The van der Waals surface area contributed by atoms with Gasteiger partial charge >= 0.3 is 0 Å². The molecule has 1 atom stereocenters. The van der Waals surface area contributed by atoms with Crippen molar-refractivity contribution in [1.82, 2.24) is 10.3 Å². The lowest BCUT2D eigenvalue weighted by atomic mass is 9.91. The Labute approximate surface area is 143 Å². The van der Waals surface area contributed by atoms with Gasteiger partial charge in [0.2, 0.25) is 0 Å². The fourth-order valence-electron chi connectivity index (χ4n) is 4.09. The lowest BCUT2D eigenvalue weighted by Gasteiger charge is -2.27. The number of aromatic amines is 1. The van der Waals surface area contributed by atoms with Gasteiger partial charge in [0.25, 0.3) is 0 Å². The Morgan fingerprint density at radius 1 is 1.04 bits per heavy atom. The van der Waals surface area contributed by atoms with E-state index < -0.39 is 0 Å². The van der Waals surface area contributed by atoms with Crippen LogP contribution in [0, 0.1) is 20.8 Å². The summed E-state index contributed by atoms with van der Waals surface area (Å²) in [5.74, 6) is 0.987. The average molecular weight is 320 g/mol. The van der Waals surface area contributed by atoms with Gasteiger partial charge in [0, 0.05) is 28.7 Å². The first-order valence-corrected chi connectivity index (χ1v) is 8.58. The third-order valence-electron chi connectivity index (χ3n) is 5.07. The van der Waals surface area contributed by atoms with E-state index in [1.807, 2.05) is 0 Å². The van der Waals surface area contributed by atoms with Crippen molar-refractivity contribution in [2.45, 2.75) is 33.2 Å². The van der Waals surface area contributed by atoms with E-state index >= 15 is 0 Å². The molecule has 0 radical (unpaired) electrons. The Morgan fingerprint density at radius 2 is 1.88 bits per heavy atom. The number of H-pyrrole nitrogens is 1. The van der Waals surface area contributed by atoms with E-state index in [-0.39, 0.29) is 6.04 Å². The number of nitrogens with one attached hydrogen (secondary N) is 2. The Balaban J connectivity index is 1.93. The van der Waals surface area contributed by atoms with Crippen LogP contribution in [-0.4, -0.2) is 18.6 Å². The van der Waals surface area contributed by atoms with E-state index in [4.69, 9.17) is 4.74 Å². The summed E-state index contributed by atoms with van der Waals surface area (Å²) < 4.78 is 5.74. The second-order valence-electron chi connectivity index (χ2n) is 6.91. The van der Waals surface area contributed by atoms with Gasteiger partial charge in [0.05, 0.1) is 13.2 Å². The average Bonchev–Trinajstić information content (AvgIpc) is 2.92. The van der Waals surface area contributed by atoms with Crippen molar-refractivity contribution in [3.05, 3.63) is 63.8 Å². The molecule has 0 fully saturated rings. The van der Waals surface area contributed by atoms with Crippen LogP contribution in [0.15, 0.2) is 30.3 Å². The molecule has 0 amide bonds. The van der Waals surface area contributed by atoms with Gasteiger partial charge in [0.1, 0.15) is 5.75 Å². The molecule has 0 aliphatic carbocycles. The number of aromatic nitrogens is 1. The van der Waals surface area contributed by atoms with Gasteiger partial charge in [-0.05, 0) is 50.5 Å². The first kappa shape index (κ1) is 15.3. The normalized spacial score (nSPS) is 17.1. The molecule has 124 valence electrons. The predicted octanol–water partition coefficient (Wildman–Crippen LogP) is 4.34. The minimum atomic E-state index is 0.148. The minimum absolute atomic E-state index is 0.148. The van der Waals surface area contributed by atoms with Crippen LogP contribution >= 0.6 is 0 Å². The van der Waals surface area contributed by atoms with Crippen LogP contribution in [0.25, 0.3) is 10.9 Å². The van der Waals surface area contributed by atoms with Crippen molar-refractivity contribution >= 4 is 10.9 Å². The molecule has 0 bridgehead atoms. The van der Waals surface area contributed by atoms with E-state index in [1.54, 1.807) is 7.11 Å². The fraction of sp³-hybridized carbons (Fsp3) is 0.333. The summed E-state index contributed by atoms with van der Waals surface area (Å²) in [7, 11) is 1.76. The van der Waals surface area contributed by atoms with Crippen LogP contribution < -0.4 is 10.1 Å². The van der Waals surface area contributed by atoms with E-state index in [0.717, 1.165) is 18.7 Å². The monoisotopic (exact) mass is 320 g/mol. The smallest absolute Gasteiger partial charge is 0.126 e. The highest BCUT2D eigenvalue weighted by molar-refractivity contribution is 5.86. The molecule has 0 saturated heterocycles. The van der Waals surface area contributed by atoms with Gasteiger partial charge in [-0.2, -0.15) is 0 Å². The van der Waals surface area contributed by atoms with Crippen LogP contribution in [-0.2, 0) is 6.42 Å². The van der Waals surface area contributed by atoms with Crippen molar-refractivity contribution in [2.24, 2.45) is 0 Å². The summed E-state index contributed by atoms with van der Waals surface area (Å²) in [6.07, 6.45) is 1.06. The molecule has 24 heavy (non-hydrogen) atoms. The number of benzene rings is 2. The third-order valence-corrected chi connectivity index (χ3v) is 5.07. The Morgan fingerprint density at radius 3 is 2.67 bits per heavy atom. The number of rotatable bonds is 2. The minimum Gasteiger partial charge on any atom is -0.496 e. The highest BCUT2D eigenvalue weighted by Gasteiger charge is 2.28. The number of methoxy groups -OCH3 is 1. The molecule has 1 aliphatic heterocycles. The summed E-state index contributed by atoms with van der Waals surface area (Å²) in [5.41, 5.74) is 8.94. The van der Waals surface area contributed by atoms with Crippen molar-refractivity contribution in [1.29, 1.82) is 0 Å². The highest BCUT2D eigenvalue weighted by Crippen LogP contribution is 2.38. The van der Waals surface area contributed by atoms with Crippen LogP contribution in [0.4, 0.5) is 0 Å². The van der Waals surface area contributed by atoms with Crippen LogP contribution in [0.1, 0.15) is 39.6 Å². The van der Waals surface area contributed by atoms with Gasteiger partial charge in [-0.15, -0.1) is 0 Å². The number of hydrogen-bond donors (Lipinski definition) is 2. The molecule has 3 heteroatoms. The van der Waals surface area contributed by atoms with E-state index in [9.17, 15) is 0 Å². The topological polar surface area (TPSA) is 37.0 Å². The summed E-state index contributed by atoms with van der Waals surface area (Å²) in [4.78, 5) is 3.66. The van der Waals surface area contributed by atoms with Crippen molar-refractivity contribution in [2.75, 3.05) is 13.7 Å². The van der Waals surface area contributed by atoms with Crippen molar-refractivity contribution < 1.29 is 4.74 Å². The van der Waals surface area contributed by atoms with Gasteiger partial charge in [0.15, 0.2) is 0 Å². The lowest BCUT2D eigenvalue weighted by Crippen LogP contribution is -2.31. The molecule has 1 unspecified atom stereocenters. The molecule has 3 nitrogen and oxygen atoms in total. The SMILES string of the molecule is COc1c(C)cc(C)cc1C1NCCc2c1[nH]c1ccc(C)cc21. The first-order chi connectivity index (χ1) is 11.6. The molecule has 4 rings (SSSR count). The molecular formula is C21H24N2O. The van der Waals surface area contributed by atoms with E-state index in [1.165, 1.54) is 44.4 Å². The first-order valence-electron chi connectivity index (χ1n) is 8.58. The van der Waals surface area contributed by atoms with Gasteiger partial charge in [-0.1, -0.05) is 29.3 Å². The molecule has 1 aromatic heterocycles. The van der Waals surface area contributed by atoms with Crippen LogP contribution in [0.3, 0.4) is 0 Å². The molecule has 2 N–H and O–H groups in total. The summed E-state index contributed by atoms with van der Waals surface area (Å²) in [6.45, 7) is 7.40. The maximum absolute atomic E-state index is 5.74. The standard InChI is InChI=1S/C21H24N2O/c1-12-5-6-18-16(10-12)15-7-8-22-19(20(15)23-18)17-11-13(2)9-14(3)21(17)24-4/h5-6,9-11,19,22-23H,7-8H2,1-4H3. The predicted molar refractivity (Wildman–Crippen MR) is 99.1 cm³/mol. The number of fused-ring (bicyclic) bond motifs is 3. The van der Waals surface area contributed by atoms with Gasteiger partial charge < -0.3 is 15.0 Å². The Kier molecular flexibility index (Phi) is 3.61. The third kappa shape index (κ3) is 2.31. The Bertz CT molecular complexity index is 923. The summed E-state index contributed by atoms with van der Waals surface area (Å²) in [6, 6.07) is 11.2. The Hall–Kier alpha value is -2.26.